The number of likely N-dealkylation sites (tertiary alicyclic amines) is 1. The third-order valence-electron chi connectivity index (χ3n) is 5.60. The highest BCUT2D eigenvalue weighted by atomic mass is 16.4. The number of amides is 2. The molecule has 1 fully saturated rings. The number of rotatable bonds is 3. The SMILES string of the molecule is CC1(CNC(=O)N2CCC(C(=O)O)CC2)CCCc2ccccc21. The molecule has 1 unspecified atom stereocenters. The van der Waals surface area contributed by atoms with Crippen molar-refractivity contribution >= 4 is 12.0 Å². The van der Waals surface area contributed by atoms with Crippen molar-refractivity contribution in [2.75, 3.05) is 19.6 Å². The van der Waals surface area contributed by atoms with Gasteiger partial charge in [0, 0.05) is 25.0 Å². The van der Waals surface area contributed by atoms with E-state index in [1.165, 1.54) is 11.1 Å². The van der Waals surface area contributed by atoms with Crippen molar-refractivity contribution < 1.29 is 14.7 Å². The molecule has 1 aliphatic carbocycles. The molecule has 2 amide bonds. The number of nitrogens with one attached hydrogen (secondary N) is 1. The average Bonchev–Trinajstić information content (AvgIpc) is 2.60. The fourth-order valence-corrected chi connectivity index (χ4v) is 4.03. The summed E-state index contributed by atoms with van der Waals surface area (Å²) in [5.74, 6) is -1.06. The summed E-state index contributed by atoms with van der Waals surface area (Å²) in [6, 6.07) is 8.45. The quantitative estimate of drug-likeness (QED) is 0.895. The summed E-state index contributed by atoms with van der Waals surface area (Å²) in [5.41, 5.74) is 2.72. The Balaban J connectivity index is 1.58. The van der Waals surface area contributed by atoms with Crippen LogP contribution in [0.2, 0.25) is 0 Å². The maximum absolute atomic E-state index is 12.4. The summed E-state index contributed by atoms with van der Waals surface area (Å²) < 4.78 is 0. The van der Waals surface area contributed by atoms with Crippen LogP contribution in [0.25, 0.3) is 0 Å². The molecule has 1 heterocycles. The second-order valence-electron chi connectivity index (χ2n) is 7.33. The number of hydrogen-bond acceptors (Lipinski definition) is 2. The Morgan fingerprint density at radius 1 is 1.29 bits per heavy atom. The largest absolute Gasteiger partial charge is 0.481 e. The van der Waals surface area contributed by atoms with E-state index >= 15 is 0 Å². The van der Waals surface area contributed by atoms with Gasteiger partial charge >= 0.3 is 12.0 Å². The monoisotopic (exact) mass is 330 g/mol. The first-order valence-corrected chi connectivity index (χ1v) is 8.83. The molecule has 1 atom stereocenters. The van der Waals surface area contributed by atoms with Gasteiger partial charge in [-0.2, -0.15) is 0 Å². The lowest BCUT2D eigenvalue weighted by atomic mass is 9.71. The van der Waals surface area contributed by atoms with E-state index in [4.69, 9.17) is 5.11 Å². The molecule has 1 aromatic carbocycles. The number of carboxylic acids is 1. The van der Waals surface area contributed by atoms with Crippen LogP contribution >= 0.6 is 0 Å². The van der Waals surface area contributed by atoms with E-state index in [0.717, 1.165) is 19.3 Å². The van der Waals surface area contributed by atoms with Crippen molar-refractivity contribution in [2.45, 2.75) is 44.4 Å². The van der Waals surface area contributed by atoms with Gasteiger partial charge in [-0.3, -0.25) is 4.79 Å². The number of fused-ring (bicyclic) bond motifs is 1. The lowest BCUT2D eigenvalue weighted by Gasteiger charge is -2.37. The summed E-state index contributed by atoms with van der Waals surface area (Å²) in [6.07, 6.45) is 4.42. The lowest BCUT2D eigenvalue weighted by molar-refractivity contribution is -0.143. The first kappa shape index (κ1) is 16.8. The predicted molar refractivity (Wildman–Crippen MR) is 92.1 cm³/mol. The summed E-state index contributed by atoms with van der Waals surface area (Å²) in [5, 5.41) is 12.1. The van der Waals surface area contributed by atoms with Crippen LogP contribution in [-0.4, -0.2) is 41.6 Å². The van der Waals surface area contributed by atoms with Crippen molar-refractivity contribution in [1.82, 2.24) is 10.2 Å². The first-order valence-electron chi connectivity index (χ1n) is 8.83. The molecular weight excluding hydrogens is 304 g/mol. The number of carbonyl (C=O) groups is 2. The summed E-state index contributed by atoms with van der Waals surface area (Å²) in [4.78, 5) is 25.2. The maximum atomic E-state index is 12.4. The fourth-order valence-electron chi connectivity index (χ4n) is 4.03. The molecule has 0 radical (unpaired) electrons. The van der Waals surface area contributed by atoms with Crippen molar-refractivity contribution in [3.05, 3.63) is 35.4 Å². The van der Waals surface area contributed by atoms with E-state index in [-0.39, 0.29) is 17.4 Å². The Kier molecular flexibility index (Phi) is 4.78. The van der Waals surface area contributed by atoms with Crippen LogP contribution in [0.15, 0.2) is 24.3 Å². The summed E-state index contributed by atoms with van der Waals surface area (Å²) in [6.45, 7) is 3.90. The van der Waals surface area contributed by atoms with Gasteiger partial charge in [0.05, 0.1) is 5.92 Å². The van der Waals surface area contributed by atoms with Crippen molar-refractivity contribution in [3.8, 4) is 0 Å². The van der Waals surface area contributed by atoms with Gasteiger partial charge in [0.15, 0.2) is 0 Å². The molecule has 130 valence electrons. The molecule has 0 aromatic heterocycles. The minimum atomic E-state index is -0.749. The van der Waals surface area contributed by atoms with E-state index in [1.54, 1.807) is 4.90 Å². The number of aryl methyl sites for hydroxylation is 1. The smallest absolute Gasteiger partial charge is 0.317 e. The molecule has 24 heavy (non-hydrogen) atoms. The van der Waals surface area contributed by atoms with Crippen molar-refractivity contribution in [2.24, 2.45) is 5.92 Å². The molecule has 1 aliphatic heterocycles. The number of benzene rings is 1. The van der Waals surface area contributed by atoms with E-state index < -0.39 is 5.97 Å². The molecule has 0 bridgehead atoms. The zero-order valence-corrected chi connectivity index (χ0v) is 14.3. The molecule has 2 aliphatic rings. The molecule has 0 saturated carbocycles. The Morgan fingerprint density at radius 3 is 2.71 bits per heavy atom. The molecule has 5 heteroatoms. The highest BCUT2D eigenvalue weighted by molar-refractivity contribution is 5.75. The van der Waals surface area contributed by atoms with Gasteiger partial charge in [-0.1, -0.05) is 31.2 Å². The molecule has 2 N–H and O–H groups in total. The van der Waals surface area contributed by atoms with E-state index in [2.05, 4.69) is 36.5 Å². The van der Waals surface area contributed by atoms with Crippen LogP contribution in [0, 0.1) is 5.92 Å². The molecule has 1 aromatic rings. The maximum Gasteiger partial charge on any atom is 0.317 e. The van der Waals surface area contributed by atoms with Crippen LogP contribution in [-0.2, 0) is 16.6 Å². The van der Waals surface area contributed by atoms with Crippen LogP contribution < -0.4 is 5.32 Å². The first-order chi connectivity index (χ1) is 11.5. The van der Waals surface area contributed by atoms with E-state index in [0.29, 0.717) is 32.5 Å². The van der Waals surface area contributed by atoms with E-state index in [9.17, 15) is 9.59 Å². The number of piperidine rings is 1. The van der Waals surface area contributed by atoms with Crippen molar-refractivity contribution in [3.63, 3.8) is 0 Å². The highest BCUT2D eigenvalue weighted by Gasteiger charge is 2.33. The number of carboxylic acid groups (broad SMARTS) is 1. The van der Waals surface area contributed by atoms with Gasteiger partial charge in [-0.15, -0.1) is 0 Å². The highest BCUT2D eigenvalue weighted by Crippen LogP contribution is 2.36. The normalized spacial score (nSPS) is 24.3. The molecule has 3 rings (SSSR count). The summed E-state index contributed by atoms with van der Waals surface area (Å²) >= 11 is 0. The number of aliphatic carboxylic acids is 1. The van der Waals surface area contributed by atoms with Crippen molar-refractivity contribution in [1.29, 1.82) is 0 Å². The zero-order chi connectivity index (χ0) is 17.2. The van der Waals surface area contributed by atoms with Crippen LogP contribution in [0.5, 0.6) is 0 Å². The molecule has 5 nitrogen and oxygen atoms in total. The number of urea groups is 1. The lowest BCUT2D eigenvalue weighted by Crippen LogP contribution is -2.49. The standard InChI is InChI=1S/C19H26N2O3/c1-19(10-4-6-14-5-2-3-7-16(14)19)13-20-18(24)21-11-8-15(9-12-21)17(22)23/h2-3,5,7,15H,4,6,8-13H2,1H3,(H,20,24)(H,22,23). The number of nitrogens with zero attached hydrogens (tertiary/aromatic N) is 1. The van der Waals surface area contributed by atoms with Crippen LogP contribution in [0.4, 0.5) is 4.79 Å². The second-order valence-corrected chi connectivity index (χ2v) is 7.33. The minimum absolute atomic E-state index is 0.0239. The molecule has 0 spiro atoms. The Morgan fingerprint density at radius 2 is 2.00 bits per heavy atom. The third-order valence-corrected chi connectivity index (χ3v) is 5.60. The van der Waals surface area contributed by atoms with E-state index in [1.807, 2.05) is 0 Å². The predicted octanol–water partition coefficient (Wildman–Crippen LogP) is 2.79. The average molecular weight is 330 g/mol. The van der Waals surface area contributed by atoms with Crippen LogP contribution in [0.3, 0.4) is 0 Å². The zero-order valence-electron chi connectivity index (χ0n) is 14.3. The number of carbonyl (C=O) groups excluding carboxylic acids is 1. The Hall–Kier alpha value is -2.04. The fraction of sp³-hybridized carbons (Fsp3) is 0.579. The van der Waals surface area contributed by atoms with Gasteiger partial charge in [0.1, 0.15) is 0 Å². The van der Waals surface area contributed by atoms with Gasteiger partial charge in [0.2, 0.25) is 0 Å². The second kappa shape index (κ2) is 6.83. The number of hydrogen-bond donors (Lipinski definition) is 2. The van der Waals surface area contributed by atoms with Gasteiger partial charge in [0.25, 0.3) is 0 Å². The van der Waals surface area contributed by atoms with Gasteiger partial charge < -0.3 is 15.3 Å². The van der Waals surface area contributed by atoms with Gasteiger partial charge in [-0.25, -0.2) is 4.79 Å². The topological polar surface area (TPSA) is 69.6 Å². The molecule has 1 saturated heterocycles. The summed E-state index contributed by atoms with van der Waals surface area (Å²) in [7, 11) is 0. The third kappa shape index (κ3) is 3.40. The Bertz CT molecular complexity index is 623. The minimum Gasteiger partial charge on any atom is -0.481 e. The van der Waals surface area contributed by atoms with Gasteiger partial charge in [-0.05, 0) is 43.2 Å². The Labute approximate surface area is 143 Å². The van der Waals surface area contributed by atoms with Crippen LogP contribution in [0.1, 0.15) is 43.7 Å². The molecular formula is C19H26N2O3.